The van der Waals surface area contributed by atoms with E-state index in [0.717, 1.165) is 0 Å². The van der Waals surface area contributed by atoms with E-state index in [1.54, 1.807) is 0 Å². The highest BCUT2D eigenvalue weighted by molar-refractivity contribution is 6.71. The summed E-state index contributed by atoms with van der Waals surface area (Å²) >= 11 is 0. The van der Waals surface area contributed by atoms with Crippen LogP contribution in [-0.4, -0.2) is 8.32 Å². The summed E-state index contributed by atoms with van der Waals surface area (Å²) < 4.78 is 6.11. The van der Waals surface area contributed by atoms with E-state index in [1.165, 1.54) is 11.6 Å². The van der Waals surface area contributed by atoms with Gasteiger partial charge in [-0.25, -0.2) is 0 Å². The summed E-state index contributed by atoms with van der Waals surface area (Å²) in [4.78, 5) is 0. The van der Waals surface area contributed by atoms with E-state index < -0.39 is 8.32 Å². The smallest absolute Gasteiger partial charge is 0.187 e. The Balaban J connectivity index is 2.64. The number of hydrogen-bond acceptors (Lipinski definition) is 1. The van der Waals surface area contributed by atoms with E-state index >= 15 is 0 Å². The molecule has 0 aliphatic heterocycles. The SMILES string of the molecule is CC[Si](C)(C)OC(C)c1ccccc1. The van der Waals surface area contributed by atoms with Crippen LogP contribution in [0.5, 0.6) is 0 Å². The summed E-state index contributed by atoms with van der Waals surface area (Å²) in [5, 5.41) is 0. The quantitative estimate of drug-likeness (QED) is 0.680. The van der Waals surface area contributed by atoms with Crippen molar-refractivity contribution >= 4 is 8.32 Å². The van der Waals surface area contributed by atoms with Crippen molar-refractivity contribution in [3.63, 3.8) is 0 Å². The van der Waals surface area contributed by atoms with Gasteiger partial charge in [-0.2, -0.15) is 0 Å². The lowest BCUT2D eigenvalue weighted by atomic mass is 10.1. The number of rotatable bonds is 4. The van der Waals surface area contributed by atoms with Crippen molar-refractivity contribution in [3.8, 4) is 0 Å². The maximum Gasteiger partial charge on any atom is 0.187 e. The Labute approximate surface area is 88.2 Å². The summed E-state index contributed by atoms with van der Waals surface area (Å²) in [5.41, 5.74) is 1.28. The highest BCUT2D eigenvalue weighted by atomic mass is 28.4. The Morgan fingerprint density at radius 2 is 1.79 bits per heavy atom. The van der Waals surface area contributed by atoms with Crippen molar-refractivity contribution in [1.82, 2.24) is 0 Å². The molecule has 0 aliphatic carbocycles. The molecular formula is C12H20OSi. The molecule has 14 heavy (non-hydrogen) atoms. The van der Waals surface area contributed by atoms with Crippen molar-refractivity contribution in [2.75, 3.05) is 0 Å². The predicted molar refractivity (Wildman–Crippen MR) is 63.9 cm³/mol. The molecule has 1 unspecified atom stereocenters. The van der Waals surface area contributed by atoms with E-state index in [4.69, 9.17) is 4.43 Å². The summed E-state index contributed by atoms with van der Waals surface area (Å²) in [5.74, 6) is 0. The standard InChI is InChI=1S/C12H20OSi/c1-5-14(3,4)13-11(2)12-9-7-6-8-10-12/h6-11H,5H2,1-4H3. The lowest BCUT2D eigenvalue weighted by Gasteiger charge is -2.26. The van der Waals surface area contributed by atoms with Gasteiger partial charge in [-0.1, -0.05) is 37.3 Å². The topological polar surface area (TPSA) is 9.23 Å². The first-order chi connectivity index (χ1) is 6.55. The highest BCUT2D eigenvalue weighted by Crippen LogP contribution is 2.23. The lowest BCUT2D eigenvalue weighted by molar-refractivity contribution is 0.216. The maximum atomic E-state index is 6.11. The Kier molecular flexibility index (Phi) is 3.90. The number of benzene rings is 1. The largest absolute Gasteiger partial charge is 0.411 e. The van der Waals surface area contributed by atoms with Gasteiger partial charge in [0, 0.05) is 0 Å². The fraction of sp³-hybridized carbons (Fsp3) is 0.500. The van der Waals surface area contributed by atoms with Crippen molar-refractivity contribution in [1.29, 1.82) is 0 Å². The van der Waals surface area contributed by atoms with Crippen LogP contribution >= 0.6 is 0 Å². The van der Waals surface area contributed by atoms with Gasteiger partial charge in [0.2, 0.25) is 0 Å². The van der Waals surface area contributed by atoms with Gasteiger partial charge < -0.3 is 4.43 Å². The molecule has 0 heterocycles. The van der Waals surface area contributed by atoms with E-state index in [0.29, 0.717) is 0 Å². The van der Waals surface area contributed by atoms with Gasteiger partial charge in [0.05, 0.1) is 6.10 Å². The molecule has 0 N–H and O–H groups in total. The normalized spacial score (nSPS) is 14.0. The van der Waals surface area contributed by atoms with Gasteiger partial charge in [0.25, 0.3) is 0 Å². The Hall–Kier alpha value is -0.603. The molecule has 0 aliphatic rings. The van der Waals surface area contributed by atoms with Gasteiger partial charge >= 0.3 is 0 Å². The van der Waals surface area contributed by atoms with E-state index in [1.807, 2.05) is 6.07 Å². The molecule has 2 heteroatoms. The van der Waals surface area contributed by atoms with Crippen LogP contribution in [-0.2, 0) is 4.43 Å². The molecule has 1 atom stereocenters. The van der Waals surface area contributed by atoms with Gasteiger partial charge in [-0.05, 0) is 31.6 Å². The van der Waals surface area contributed by atoms with E-state index in [9.17, 15) is 0 Å². The van der Waals surface area contributed by atoms with Crippen LogP contribution in [0.4, 0.5) is 0 Å². The molecule has 1 nitrogen and oxygen atoms in total. The van der Waals surface area contributed by atoms with Crippen LogP contribution in [0.15, 0.2) is 30.3 Å². The first-order valence-electron chi connectivity index (χ1n) is 5.28. The van der Waals surface area contributed by atoms with Crippen molar-refractivity contribution in [2.24, 2.45) is 0 Å². The predicted octanol–water partition coefficient (Wildman–Crippen LogP) is 3.99. The average Bonchev–Trinajstić information content (AvgIpc) is 2.19. The third-order valence-electron chi connectivity index (χ3n) is 2.62. The number of hydrogen-bond donors (Lipinski definition) is 0. The van der Waals surface area contributed by atoms with Crippen LogP contribution in [0.1, 0.15) is 25.5 Å². The molecule has 1 aromatic carbocycles. The minimum atomic E-state index is -1.42. The maximum absolute atomic E-state index is 6.11. The van der Waals surface area contributed by atoms with E-state index in [2.05, 4.69) is 51.2 Å². The fourth-order valence-electron chi connectivity index (χ4n) is 1.35. The molecule has 0 fully saturated rings. The van der Waals surface area contributed by atoms with Gasteiger partial charge in [-0.15, -0.1) is 0 Å². The van der Waals surface area contributed by atoms with E-state index in [-0.39, 0.29) is 6.10 Å². The molecule has 0 radical (unpaired) electrons. The summed E-state index contributed by atoms with van der Waals surface area (Å²) in [6.07, 6.45) is 0.234. The second kappa shape index (κ2) is 4.76. The molecule has 1 aromatic rings. The molecule has 0 saturated heterocycles. The zero-order valence-electron chi connectivity index (χ0n) is 9.58. The molecule has 78 valence electrons. The van der Waals surface area contributed by atoms with Crippen LogP contribution in [0.3, 0.4) is 0 Å². The average molecular weight is 208 g/mol. The molecular weight excluding hydrogens is 188 g/mol. The van der Waals surface area contributed by atoms with Crippen molar-refractivity contribution in [2.45, 2.75) is 39.1 Å². The summed E-state index contributed by atoms with van der Waals surface area (Å²) in [6, 6.07) is 11.6. The molecule has 1 rings (SSSR count). The Bertz CT molecular complexity index is 269. The fourth-order valence-corrected chi connectivity index (χ4v) is 2.61. The van der Waals surface area contributed by atoms with Crippen LogP contribution in [0.25, 0.3) is 0 Å². The summed E-state index contributed by atoms with van der Waals surface area (Å²) in [7, 11) is -1.42. The minimum Gasteiger partial charge on any atom is -0.411 e. The van der Waals surface area contributed by atoms with Crippen LogP contribution in [0.2, 0.25) is 19.1 Å². The first-order valence-corrected chi connectivity index (χ1v) is 8.39. The molecule has 0 amide bonds. The second-order valence-electron chi connectivity index (χ2n) is 4.28. The zero-order chi connectivity index (χ0) is 10.6. The first kappa shape index (κ1) is 11.5. The zero-order valence-corrected chi connectivity index (χ0v) is 10.6. The third-order valence-corrected chi connectivity index (χ3v) is 5.31. The second-order valence-corrected chi connectivity index (χ2v) is 8.75. The molecule has 0 aromatic heterocycles. The van der Waals surface area contributed by atoms with Gasteiger partial charge in [0.1, 0.15) is 0 Å². The highest BCUT2D eigenvalue weighted by Gasteiger charge is 2.22. The van der Waals surface area contributed by atoms with Crippen LogP contribution < -0.4 is 0 Å². The van der Waals surface area contributed by atoms with Crippen LogP contribution in [0, 0.1) is 0 Å². The van der Waals surface area contributed by atoms with Gasteiger partial charge in [0.15, 0.2) is 8.32 Å². The Morgan fingerprint density at radius 1 is 1.21 bits per heavy atom. The monoisotopic (exact) mass is 208 g/mol. The van der Waals surface area contributed by atoms with Gasteiger partial charge in [-0.3, -0.25) is 0 Å². The van der Waals surface area contributed by atoms with Crippen molar-refractivity contribution in [3.05, 3.63) is 35.9 Å². The molecule has 0 bridgehead atoms. The minimum absolute atomic E-state index is 0.234. The molecule has 0 saturated carbocycles. The lowest BCUT2D eigenvalue weighted by Crippen LogP contribution is -2.30. The third kappa shape index (κ3) is 3.27. The molecule has 0 spiro atoms. The van der Waals surface area contributed by atoms with Crippen molar-refractivity contribution < 1.29 is 4.43 Å². The summed E-state index contributed by atoms with van der Waals surface area (Å²) in [6.45, 7) is 8.89. The Morgan fingerprint density at radius 3 is 2.29 bits per heavy atom.